The molecule has 2 rings (SSSR count). The van der Waals surface area contributed by atoms with E-state index in [1.165, 1.54) is 0 Å². The van der Waals surface area contributed by atoms with E-state index in [0.717, 1.165) is 0 Å². The van der Waals surface area contributed by atoms with Gasteiger partial charge in [0.05, 0.1) is 24.6 Å². The second kappa shape index (κ2) is 9.81. The highest BCUT2D eigenvalue weighted by atomic mass is 16.6. The Hall–Kier alpha value is -3.55. The summed E-state index contributed by atoms with van der Waals surface area (Å²) >= 11 is 0. The van der Waals surface area contributed by atoms with Crippen LogP contribution in [0.15, 0.2) is 48.5 Å². The summed E-state index contributed by atoms with van der Waals surface area (Å²) < 4.78 is 9.64. The molecule has 0 aliphatic carbocycles. The zero-order chi connectivity index (χ0) is 19.6. The van der Waals surface area contributed by atoms with Gasteiger partial charge in [0.15, 0.2) is 0 Å². The molecule has 0 atom stereocenters. The molecule has 0 heterocycles. The molecule has 0 unspecified atom stereocenters. The van der Waals surface area contributed by atoms with Crippen molar-refractivity contribution in [3.8, 4) is 0 Å². The summed E-state index contributed by atoms with van der Waals surface area (Å²) in [6.45, 7) is 3.92. The monoisotopic (exact) mass is 371 g/mol. The lowest BCUT2D eigenvalue weighted by Gasteiger charge is -2.12. The molecule has 142 valence electrons. The third-order valence-electron chi connectivity index (χ3n) is 3.36. The van der Waals surface area contributed by atoms with Gasteiger partial charge in [0, 0.05) is 11.3 Å². The minimum absolute atomic E-state index is 0.243. The third-order valence-corrected chi connectivity index (χ3v) is 3.36. The highest BCUT2D eigenvalue weighted by Crippen LogP contribution is 2.22. The number of carbonyl (C=O) groups excluding carboxylic acids is 3. The van der Waals surface area contributed by atoms with E-state index in [9.17, 15) is 14.4 Å². The van der Waals surface area contributed by atoms with Gasteiger partial charge in [-0.15, -0.1) is 0 Å². The first-order valence-corrected chi connectivity index (χ1v) is 8.41. The van der Waals surface area contributed by atoms with Crippen molar-refractivity contribution >= 4 is 35.2 Å². The topological polar surface area (TPSA) is 106 Å². The number of anilines is 3. The Bertz CT molecular complexity index is 805. The Morgan fingerprint density at radius 3 is 1.81 bits per heavy atom. The Balaban J connectivity index is 2.05. The summed E-state index contributed by atoms with van der Waals surface area (Å²) in [5, 5.41) is 7.85. The first-order valence-electron chi connectivity index (χ1n) is 8.41. The van der Waals surface area contributed by atoms with Gasteiger partial charge in [-0.05, 0) is 50.2 Å². The molecule has 0 aromatic heterocycles. The molecule has 8 nitrogen and oxygen atoms in total. The molecule has 0 fully saturated rings. The van der Waals surface area contributed by atoms with Crippen LogP contribution < -0.4 is 16.0 Å². The number of nitrogens with one attached hydrogen (secondary N) is 3. The van der Waals surface area contributed by atoms with Crippen LogP contribution in [-0.2, 0) is 9.47 Å². The maximum atomic E-state index is 12.4. The fraction of sp³-hybridized carbons (Fsp3) is 0.211. The standard InChI is InChI=1S/C19H21N3O5/c1-3-26-18(24)20-14-11-9-13(10-12-14)17(23)21-15-7-5-6-8-16(15)22-19(25)27-4-2/h5-12H,3-4H2,1-2H3,(H,20,24)(H,21,23)(H,22,25). The lowest BCUT2D eigenvalue weighted by atomic mass is 10.2. The summed E-state index contributed by atoms with van der Waals surface area (Å²) in [5.74, 6) is -0.365. The number of hydrogen-bond donors (Lipinski definition) is 3. The summed E-state index contributed by atoms with van der Waals surface area (Å²) in [6, 6.07) is 13.1. The smallest absolute Gasteiger partial charge is 0.411 e. The Morgan fingerprint density at radius 2 is 1.26 bits per heavy atom. The Morgan fingerprint density at radius 1 is 0.741 bits per heavy atom. The van der Waals surface area contributed by atoms with Crippen LogP contribution in [0.1, 0.15) is 24.2 Å². The predicted molar refractivity (Wildman–Crippen MR) is 102 cm³/mol. The van der Waals surface area contributed by atoms with E-state index >= 15 is 0 Å². The highest BCUT2D eigenvalue weighted by Gasteiger charge is 2.11. The van der Waals surface area contributed by atoms with Crippen molar-refractivity contribution in [3.05, 3.63) is 54.1 Å². The first kappa shape index (κ1) is 19.8. The minimum atomic E-state index is -0.603. The molecule has 2 aromatic carbocycles. The van der Waals surface area contributed by atoms with Crippen molar-refractivity contribution < 1.29 is 23.9 Å². The maximum absolute atomic E-state index is 12.4. The maximum Gasteiger partial charge on any atom is 0.411 e. The van der Waals surface area contributed by atoms with Gasteiger partial charge in [-0.25, -0.2) is 9.59 Å². The molecule has 0 bridgehead atoms. The van der Waals surface area contributed by atoms with Crippen molar-refractivity contribution in [2.24, 2.45) is 0 Å². The molecule has 3 amide bonds. The number of hydrogen-bond acceptors (Lipinski definition) is 5. The van der Waals surface area contributed by atoms with E-state index < -0.39 is 12.2 Å². The highest BCUT2D eigenvalue weighted by molar-refractivity contribution is 6.07. The molecule has 0 aliphatic heterocycles. The normalized spacial score (nSPS) is 9.85. The van der Waals surface area contributed by atoms with Crippen molar-refractivity contribution in [3.63, 3.8) is 0 Å². The van der Waals surface area contributed by atoms with E-state index in [2.05, 4.69) is 16.0 Å². The summed E-state index contributed by atoms with van der Waals surface area (Å²) in [5.41, 5.74) is 1.75. The average Bonchev–Trinajstić information content (AvgIpc) is 2.64. The van der Waals surface area contributed by atoms with Gasteiger partial charge in [0.2, 0.25) is 0 Å². The lowest BCUT2D eigenvalue weighted by molar-refractivity contribution is 0.102. The van der Waals surface area contributed by atoms with Crippen LogP contribution in [0.3, 0.4) is 0 Å². The molecule has 0 spiro atoms. The van der Waals surface area contributed by atoms with Crippen LogP contribution in [0.4, 0.5) is 26.7 Å². The number of amides is 3. The number of ether oxygens (including phenoxy) is 2. The molecule has 0 saturated carbocycles. The zero-order valence-electron chi connectivity index (χ0n) is 15.1. The van der Waals surface area contributed by atoms with E-state index in [-0.39, 0.29) is 19.1 Å². The Labute approximate surface area is 156 Å². The molecule has 3 N–H and O–H groups in total. The third kappa shape index (κ3) is 6.03. The summed E-state index contributed by atoms with van der Waals surface area (Å²) in [6.07, 6.45) is -1.16. The fourth-order valence-electron chi connectivity index (χ4n) is 2.16. The lowest BCUT2D eigenvalue weighted by Crippen LogP contribution is -2.17. The fourth-order valence-corrected chi connectivity index (χ4v) is 2.16. The van der Waals surface area contributed by atoms with Gasteiger partial charge in [-0.1, -0.05) is 12.1 Å². The van der Waals surface area contributed by atoms with Crippen LogP contribution in [0.25, 0.3) is 0 Å². The predicted octanol–water partition coefficient (Wildman–Crippen LogP) is 4.08. The molecule has 8 heteroatoms. The van der Waals surface area contributed by atoms with Gasteiger partial charge >= 0.3 is 12.2 Å². The van der Waals surface area contributed by atoms with Crippen molar-refractivity contribution in [2.75, 3.05) is 29.2 Å². The van der Waals surface area contributed by atoms with Crippen molar-refractivity contribution in [1.82, 2.24) is 0 Å². The van der Waals surface area contributed by atoms with E-state index in [1.54, 1.807) is 62.4 Å². The van der Waals surface area contributed by atoms with Gasteiger partial charge in [0.25, 0.3) is 5.91 Å². The van der Waals surface area contributed by atoms with Gasteiger partial charge in [0.1, 0.15) is 0 Å². The number of rotatable bonds is 6. The molecular weight excluding hydrogens is 350 g/mol. The van der Waals surface area contributed by atoms with Crippen LogP contribution in [0, 0.1) is 0 Å². The van der Waals surface area contributed by atoms with Crippen LogP contribution in [0.2, 0.25) is 0 Å². The molecule has 0 radical (unpaired) electrons. The molecular formula is C19H21N3O5. The minimum Gasteiger partial charge on any atom is -0.450 e. The van der Waals surface area contributed by atoms with Crippen molar-refractivity contribution in [2.45, 2.75) is 13.8 Å². The van der Waals surface area contributed by atoms with E-state index in [0.29, 0.717) is 22.6 Å². The Kier molecular flexibility index (Phi) is 7.18. The van der Waals surface area contributed by atoms with E-state index in [4.69, 9.17) is 9.47 Å². The van der Waals surface area contributed by atoms with Gasteiger partial charge in [-0.2, -0.15) is 0 Å². The summed E-state index contributed by atoms with van der Waals surface area (Å²) in [4.78, 5) is 35.4. The molecule has 2 aromatic rings. The van der Waals surface area contributed by atoms with Crippen LogP contribution in [0.5, 0.6) is 0 Å². The second-order valence-electron chi connectivity index (χ2n) is 5.27. The largest absolute Gasteiger partial charge is 0.450 e. The summed E-state index contributed by atoms with van der Waals surface area (Å²) in [7, 11) is 0. The van der Waals surface area contributed by atoms with E-state index in [1.807, 2.05) is 0 Å². The van der Waals surface area contributed by atoms with Gasteiger partial charge < -0.3 is 14.8 Å². The molecule has 27 heavy (non-hydrogen) atoms. The number of para-hydroxylation sites is 2. The van der Waals surface area contributed by atoms with Crippen LogP contribution >= 0.6 is 0 Å². The molecule has 0 aliphatic rings. The molecule has 0 saturated heterocycles. The number of benzene rings is 2. The number of carbonyl (C=O) groups is 3. The zero-order valence-corrected chi connectivity index (χ0v) is 15.1. The SMILES string of the molecule is CCOC(=O)Nc1ccc(C(=O)Nc2ccccc2NC(=O)OCC)cc1. The first-order chi connectivity index (χ1) is 13.0. The average molecular weight is 371 g/mol. The second-order valence-corrected chi connectivity index (χ2v) is 5.27. The quantitative estimate of drug-likeness (QED) is 0.710. The van der Waals surface area contributed by atoms with Crippen molar-refractivity contribution in [1.29, 1.82) is 0 Å². The van der Waals surface area contributed by atoms with Gasteiger partial charge in [-0.3, -0.25) is 15.4 Å². The van der Waals surface area contributed by atoms with Crippen LogP contribution in [-0.4, -0.2) is 31.3 Å².